The van der Waals surface area contributed by atoms with Gasteiger partial charge in [0.2, 0.25) is 0 Å². The minimum absolute atomic E-state index is 0.877. The molecule has 0 spiro atoms. The smallest absolute Gasteiger partial charge is 0.135 e. The van der Waals surface area contributed by atoms with Gasteiger partial charge in [-0.2, -0.15) is 0 Å². The molecule has 1 aliphatic heterocycles. The number of hydrogen-bond donors (Lipinski definition) is 0. The third-order valence-electron chi connectivity index (χ3n) is 9.27. The lowest BCUT2D eigenvalue weighted by atomic mass is 9.87. The van der Waals surface area contributed by atoms with Crippen molar-refractivity contribution in [3.8, 4) is 56.0 Å². The van der Waals surface area contributed by atoms with E-state index in [0.29, 0.717) is 0 Å². The van der Waals surface area contributed by atoms with E-state index in [1.165, 1.54) is 33.4 Å². The average Bonchev–Trinajstić information content (AvgIpc) is 3.17. The Labute approximate surface area is 280 Å². The van der Waals surface area contributed by atoms with Crippen molar-refractivity contribution < 1.29 is 4.74 Å². The highest BCUT2D eigenvalue weighted by molar-refractivity contribution is 6.15. The fourth-order valence-electron chi connectivity index (χ4n) is 7.01. The number of fused-ring (bicyclic) bond motifs is 2. The molecule has 226 valence electrons. The molecule has 8 aromatic rings. The molecule has 9 rings (SSSR count). The van der Waals surface area contributed by atoms with E-state index in [1.807, 2.05) is 6.07 Å². The predicted octanol–water partition coefficient (Wildman–Crippen LogP) is 13.1. The first-order chi connectivity index (χ1) is 23.8. The van der Waals surface area contributed by atoms with Gasteiger partial charge in [-0.3, -0.25) is 0 Å². The van der Waals surface area contributed by atoms with Crippen LogP contribution in [0.3, 0.4) is 0 Å². The summed E-state index contributed by atoms with van der Waals surface area (Å²) in [6.07, 6.45) is 0. The van der Waals surface area contributed by atoms with E-state index < -0.39 is 0 Å². The minimum Gasteiger partial charge on any atom is -0.456 e. The van der Waals surface area contributed by atoms with E-state index in [0.717, 1.165) is 50.5 Å². The van der Waals surface area contributed by atoms with Gasteiger partial charge in [-0.15, -0.1) is 0 Å². The van der Waals surface area contributed by atoms with Crippen molar-refractivity contribution in [1.29, 1.82) is 0 Å². The van der Waals surface area contributed by atoms with Crippen molar-refractivity contribution in [2.75, 3.05) is 4.90 Å². The highest BCUT2D eigenvalue weighted by Crippen LogP contribution is 2.53. The van der Waals surface area contributed by atoms with E-state index in [-0.39, 0.29) is 0 Å². The molecule has 0 N–H and O–H groups in total. The van der Waals surface area contributed by atoms with Gasteiger partial charge in [0.25, 0.3) is 0 Å². The second-order valence-electron chi connectivity index (χ2n) is 12.1. The summed E-state index contributed by atoms with van der Waals surface area (Å²) in [4.78, 5) is 2.41. The second kappa shape index (κ2) is 11.8. The number of nitrogens with zero attached hydrogens (tertiary/aromatic N) is 1. The van der Waals surface area contributed by atoms with Crippen LogP contribution in [-0.4, -0.2) is 0 Å². The van der Waals surface area contributed by atoms with Crippen molar-refractivity contribution in [1.82, 2.24) is 0 Å². The lowest BCUT2D eigenvalue weighted by Gasteiger charge is -2.31. The topological polar surface area (TPSA) is 12.5 Å². The molecule has 0 amide bonds. The molecule has 0 bridgehead atoms. The third kappa shape index (κ3) is 4.83. The Morgan fingerprint density at radius 2 is 0.833 bits per heavy atom. The van der Waals surface area contributed by atoms with E-state index >= 15 is 0 Å². The van der Waals surface area contributed by atoms with Crippen LogP contribution >= 0.6 is 0 Å². The van der Waals surface area contributed by atoms with Gasteiger partial charge in [-0.1, -0.05) is 146 Å². The van der Waals surface area contributed by atoms with Crippen molar-refractivity contribution in [3.63, 3.8) is 0 Å². The number of rotatable bonds is 6. The average molecular weight is 614 g/mol. The Balaban J connectivity index is 1.32. The minimum atomic E-state index is 0.877. The first kappa shape index (κ1) is 27.9. The summed E-state index contributed by atoms with van der Waals surface area (Å²) >= 11 is 0. The zero-order chi connectivity index (χ0) is 31.9. The summed E-state index contributed by atoms with van der Waals surface area (Å²) < 4.78 is 6.51. The second-order valence-corrected chi connectivity index (χ2v) is 12.1. The quantitative estimate of drug-likeness (QED) is 0.185. The van der Waals surface area contributed by atoms with Gasteiger partial charge in [0.15, 0.2) is 0 Å². The first-order valence-corrected chi connectivity index (χ1v) is 16.4. The summed E-state index contributed by atoms with van der Waals surface area (Å²) in [5.41, 5.74) is 12.6. The zero-order valence-corrected chi connectivity index (χ0v) is 26.3. The van der Waals surface area contributed by atoms with Gasteiger partial charge < -0.3 is 9.64 Å². The van der Waals surface area contributed by atoms with Crippen LogP contribution in [-0.2, 0) is 0 Å². The maximum absolute atomic E-state index is 6.51. The highest BCUT2D eigenvalue weighted by atomic mass is 16.5. The molecule has 0 unspecified atom stereocenters. The summed E-state index contributed by atoms with van der Waals surface area (Å²) in [5.74, 6) is 1.76. The molecule has 0 aromatic heterocycles. The number of ether oxygens (including phenoxy) is 1. The monoisotopic (exact) mass is 613 g/mol. The summed E-state index contributed by atoms with van der Waals surface area (Å²) in [7, 11) is 0. The van der Waals surface area contributed by atoms with Crippen molar-refractivity contribution in [2.45, 2.75) is 0 Å². The summed E-state index contributed by atoms with van der Waals surface area (Å²) in [6, 6.07) is 66.9. The van der Waals surface area contributed by atoms with Crippen LogP contribution in [0.1, 0.15) is 0 Å². The molecule has 1 heterocycles. The highest BCUT2D eigenvalue weighted by Gasteiger charge is 2.27. The molecule has 0 radical (unpaired) electrons. The van der Waals surface area contributed by atoms with E-state index in [4.69, 9.17) is 4.74 Å². The Morgan fingerprint density at radius 3 is 1.42 bits per heavy atom. The van der Waals surface area contributed by atoms with Gasteiger partial charge >= 0.3 is 0 Å². The Hall–Kier alpha value is -6.38. The number of anilines is 3. The van der Waals surface area contributed by atoms with Crippen LogP contribution < -0.4 is 9.64 Å². The van der Waals surface area contributed by atoms with Crippen LogP contribution in [0.5, 0.6) is 11.5 Å². The molecule has 0 atom stereocenters. The largest absolute Gasteiger partial charge is 0.456 e. The lowest BCUT2D eigenvalue weighted by molar-refractivity contribution is 0.487. The lowest BCUT2D eigenvalue weighted by Crippen LogP contribution is -2.12. The van der Waals surface area contributed by atoms with E-state index in [2.05, 4.69) is 187 Å². The zero-order valence-electron chi connectivity index (χ0n) is 26.3. The van der Waals surface area contributed by atoms with Gasteiger partial charge in [-0.25, -0.2) is 0 Å². The van der Waals surface area contributed by atoms with E-state index in [1.54, 1.807) is 0 Å². The van der Waals surface area contributed by atoms with Crippen LogP contribution in [0.25, 0.3) is 55.3 Å². The van der Waals surface area contributed by atoms with Gasteiger partial charge in [0, 0.05) is 27.9 Å². The SMILES string of the molecule is c1ccc(-c2ccc(N(c3ccc(-c4ccccc4)cc3)c3cc4c5c(cccc5c3-c3ccccc3)Oc3ccccc3-4)cc2)cc1. The fraction of sp³-hybridized carbons (Fsp3) is 0. The van der Waals surface area contributed by atoms with Gasteiger partial charge in [0.05, 0.1) is 5.69 Å². The Morgan fingerprint density at radius 1 is 0.354 bits per heavy atom. The van der Waals surface area contributed by atoms with Gasteiger partial charge in [0.1, 0.15) is 11.5 Å². The van der Waals surface area contributed by atoms with Crippen LogP contribution in [0.15, 0.2) is 188 Å². The van der Waals surface area contributed by atoms with E-state index in [9.17, 15) is 0 Å². The maximum atomic E-state index is 6.51. The Bertz CT molecular complexity index is 2300. The number of para-hydroxylation sites is 1. The molecule has 0 saturated carbocycles. The molecule has 2 nitrogen and oxygen atoms in total. The van der Waals surface area contributed by atoms with Crippen molar-refractivity contribution in [2.24, 2.45) is 0 Å². The molecule has 2 heteroatoms. The Kier molecular flexibility index (Phi) is 6.84. The number of hydrogen-bond acceptors (Lipinski definition) is 2. The van der Waals surface area contributed by atoms with Crippen LogP contribution in [0, 0.1) is 0 Å². The number of benzene rings is 8. The molecule has 0 saturated heterocycles. The first-order valence-electron chi connectivity index (χ1n) is 16.4. The van der Waals surface area contributed by atoms with Crippen LogP contribution in [0.4, 0.5) is 17.1 Å². The molecule has 0 aliphatic carbocycles. The summed E-state index contributed by atoms with van der Waals surface area (Å²) in [6.45, 7) is 0. The molecule has 1 aliphatic rings. The van der Waals surface area contributed by atoms with Gasteiger partial charge in [-0.05, 0) is 81.2 Å². The predicted molar refractivity (Wildman–Crippen MR) is 200 cm³/mol. The molecular weight excluding hydrogens is 583 g/mol. The third-order valence-corrected chi connectivity index (χ3v) is 9.27. The van der Waals surface area contributed by atoms with Crippen molar-refractivity contribution >= 4 is 27.8 Å². The normalized spacial score (nSPS) is 11.5. The maximum Gasteiger partial charge on any atom is 0.135 e. The fourth-order valence-corrected chi connectivity index (χ4v) is 7.01. The summed E-state index contributed by atoms with van der Waals surface area (Å²) in [5, 5.41) is 2.30. The standard InChI is InChI=1S/C46H31NO/c1-4-13-32(14-5-1)34-23-27-37(28-24-34)47(38-29-25-35(26-30-38)33-15-6-2-7-16-33)42-31-41-39-19-10-11-21-43(39)48-44-22-12-20-40(46(41)44)45(42)36-17-8-3-9-18-36/h1-31H. The van der Waals surface area contributed by atoms with Crippen LogP contribution in [0.2, 0.25) is 0 Å². The van der Waals surface area contributed by atoms with Crippen molar-refractivity contribution in [3.05, 3.63) is 188 Å². The molecule has 48 heavy (non-hydrogen) atoms. The molecule has 8 aromatic carbocycles. The molecular formula is C46H31NO. The molecule has 0 fully saturated rings.